The van der Waals surface area contributed by atoms with Crippen LogP contribution in [0.25, 0.3) is 0 Å². The van der Waals surface area contributed by atoms with Crippen LogP contribution in [0.3, 0.4) is 0 Å². The molecule has 2 N–H and O–H groups in total. The number of hydrazone groups is 1. The molecule has 0 bridgehead atoms. The molecule has 1 aliphatic rings. The number of carbonyl (C=O) groups excluding carboxylic acids is 1. The third-order valence-corrected chi connectivity index (χ3v) is 3.12. The highest BCUT2D eigenvalue weighted by Crippen LogP contribution is 2.37. The Balaban J connectivity index is 2.88. The smallest absolute Gasteiger partial charge is 0.240 e. The van der Waals surface area contributed by atoms with Crippen molar-refractivity contribution in [3.05, 3.63) is 0 Å². The van der Waals surface area contributed by atoms with Crippen LogP contribution in [0.5, 0.6) is 0 Å². The first-order valence-electron chi connectivity index (χ1n) is 3.83. The predicted molar refractivity (Wildman–Crippen MR) is 50.4 cm³/mol. The Morgan fingerprint density at radius 1 is 1.83 bits per heavy atom. The van der Waals surface area contributed by atoms with Crippen LogP contribution in [0.4, 0.5) is 0 Å². The number of hydrogen-bond acceptors (Lipinski definition) is 4. The monoisotopic (exact) mass is 187 g/mol. The van der Waals surface area contributed by atoms with Crippen molar-refractivity contribution in [1.29, 1.82) is 0 Å². The molecule has 1 aliphatic heterocycles. The summed E-state index contributed by atoms with van der Waals surface area (Å²) in [5, 5.41) is 5.87. The Bertz CT molecular complexity index is 241. The molecule has 0 fully saturated rings. The second-order valence-electron chi connectivity index (χ2n) is 2.90. The Morgan fingerprint density at radius 3 is 2.75 bits per heavy atom. The summed E-state index contributed by atoms with van der Waals surface area (Å²) >= 11 is 1.44. The molecule has 0 aromatic rings. The average molecular weight is 187 g/mol. The fourth-order valence-corrected chi connectivity index (χ4v) is 2.09. The van der Waals surface area contributed by atoms with Gasteiger partial charge in [-0.2, -0.15) is 0 Å². The molecule has 1 atom stereocenters. The number of amides is 1. The first kappa shape index (κ1) is 9.38. The zero-order valence-electron chi connectivity index (χ0n) is 7.50. The van der Waals surface area contributed by atoms with Crippen LogP contribution in [0.1, 0.15) is 27.2 Å². The van der Waals surface area contributed by atoms with Gasteiger partial charge in [-0.25, -0.2) is 5.01 Å². The second kappa shape index (κ2) is 2.97. The molecule has 0 spiro atoms. The molecule has 1 amide bonds. The number of amidine groups is 1. The van der Waals surface area contributed by atoms with Crippen LogP contribution in [0.15, 0.2) is 5.10 Å². The second-order valence-corrected chi connectivity index (χ2v) is 4.40. The van der Waals surface area contributed by atoms with Crippen molar-refractivity contribution in [1.82, 2.24) is 5.01 Å². The molecule has 1 heterocycles. The highest BCUT2D eigenvalue weighted by atomic mass is 32.2. The van der Waals surface area contributed by atoms with Gasteiger partial charge in [0, 0.05) is 6.92 Å². The van der Waals surface area contributed by atoms with E-state index >= 15 is 0 Å². The van der Waals surface area contributed by atoms with E-state index < -0.39 is 0 Å². The molecule has 4 nitrogen and oxygen atoms in total. The normalized spacial score (nSPS) is 28.9. The fraction of sp³-hybridized carbons (Fsp3) is 0.714. The van der Waals surface area contributed by atoms with E-state index in [0.29, 0.717) is 5.17 Å². The lowest BCUT2D eigenvalue weighted by Crippen LogP contribution is -2.39. The maximum absolute atomic E-state index is 11.1. The predicted octanol–water partition coefficient (Wildman–Crippen LogP) is 0.938. The van der Waals surface area contributed by atoms with Gasteiger partial charge >= 0.3 is 0 Å². The first-order valence-corrected chi connectivity index (χ1v) is 4.65. The Morgan fingerprint density at radius 2 is 2.42 bits per heavy atom. The van der Waals surface area contributed by atoms with Crippen LogP contribution in [-0.4, -0.2) is 21.0 Å². The highest BCUT2D eigenvalue weighted by molar-refractivity contribution is 8.15. The number of nitrogens with two attached hydrogens (primary N) is 1. The number of rotatable bonds is 1. The van der Waals surface area contributed by atoms with E-state index in [1.165, 1.54) is 23.7 Å². The van der Waals surface area contributed by atoms with E-state index in [4.69, 9.17) is 5.73 Å². The first-order chi connectivity index (χ1) is 5.49. The molecule has 0 radical (unpaired) electrons. The number of thioether (sulfide) groups is 1. The molecule has 68 valence electrons. The van der Waals surface area contributed by atoms with Crippen molar-refractivity contribution in [2.75, 3.05) is 0 Å². The minimum Gasteiger partial charge on any atom is -0.377 e. The van der Waals surface area contributed by atoms with Gasteiger partial charge in [0.25, 0.3) is 0 Å². The molecule has 0 aromatic carbocycles. The maximum atomic E-state index is 11.1. The van der Waals surface area contributed by atoms with E-state index in [9.17, 15) is 4.79 Å². The van der Waals surface area contributed by atoms with Crippen molar-refractivity contribution in [3.63, 3.8) is 0 Å². The summed E-state index contributed by atoms with van der Waals surface area (Å²) in [7, 11) is 0. The molecular weight excluding hydrogens is 174 g/mol. The third-order valence-electron chi connectivity index (χ3n) is 1.93. The van der Waals surface area contributed by atoms with Gasteiger partial charge in [0.15, 0.2) is 5.17 Å². The maximum Gasteiger partial charge on any atom is 0.240 e. The fourth-order valence-electron chi connectivity index (χ4n) is 1.12. The number of nitrogens with zero attached hydrogens (tertiary/aromatic N) is 2. The Kier molecular flexibility index (Phi) is 2.32. The van der Waals surface area contributed by atoms with Gasteiger partial charge in [-0.3, -0.25) is 4.79 Å². The highest BCUT2D eigenvalue weighted by Gasteiger charge is 2.39. The summed E-state index contributed by atoms with van der Waals surface area (Å²) in [5.74, 6) is -0.0627. The van der Waals surface area contributed by atoms with Crippen LogP contribution in [-0.2, 0) is 4.79 Å². The standard InChI is InChI=1S/C7H13N3OS/c1-4-7(3)10(5(2)11)9-6(8)12-7/h4H2,1-3H3,(H2,8,9)/t7-/m1/s1. The molecule has 0 aromatic heterocycles. The van der Waals surface area contributed by atoms with Gasteiger partial charge in [0.2, 0.25) is 5.91 Å². The summed E-state index contributed by atoms with van der Waals surface area (Å²) in [6.07, 6.45) is 0.835. The molecular formula is C7H13N3OS. The van der Waals surface area contributed by atoms with Gasteiger partial charge in [0.1, 0.15) is 4.87 Å². The summed E-state index contributed by atoms with van der Waals surface area (Å²) in [6, 6.07) is 0. The summed E-state index contributed by atoms with van der Waals surface area (Å²) < 4.78 is 0. The lowest BCUT2D eigenvalue weighted by atomic mass is 10.2. The largest absolute Gasteiger partial charge is 0.377 e. The van der Waals surface area contributed by atoms with Crippen molar-refractivity contribution >= 4 is 22.8 Å². The summed E-state index contributed by atoms with van der Waals surface area (Å²) in [4.78, 5) is 10.8. The molecule has 12 heavy (non-hydrogen) atoms. The van der Waals surface area contributed by atoms with E-state index in [1.807, 2.05) is 13.8 Å². The van der Waals surface area contributed by atoms with Gasteiger partial charge in [-0.1, -0.05) is 18.7 Å². The minimum absolute atomic E-state index is 0.0627. The Labute approximate surface area is 76.2 Å². The van der Waals surface area contributed by atoms with Crippen molar-refractivity contribution in [3.8, 4) is 0 Å². The lowest BCUT2D eigenvalue weighted by Gasteiger charge is -2.28. The number of carbonyl (C=O) groups is 1. The van der Waals surface area contributed by atoms with Crippen molar-refractivity contribution in [2.45, 2.75) is 32.1 Å². The van der Waals surface area contributed by atoms with Crippen LogP contribution in [0.2, 0.25) is 0 Å². The van der Waals surface area contributed by atoms with Crippen LogP contribution < -0.4 is 5.73 Å². The van der Waals surface area contributed by atoms with Gasteiger partial charge in [0.05, 0.1) is 0 Å². The van der Waals surface area contributed by atoms with Gasteiger partial charge in [-0.15, -0.1) is 5.10 Å². The number of hydrogen-bond donors (Lipinski definition) is 1. The molecule has 0 unspecified atom stereocenters. The van der Waals surface area contributed by atoms with Crippen LogP contribution >= 0.6 is 11.8 Å². The topological polar surface area (TPSA) is 58.7 Å². The third kappa shape index (κ3) is 1.41. The van der Waals surface area contributed by atoms with E-state index in [1.54, 1.807) is 0 Å². The van der Waals surface area contributed by atoms with Gasteiger partial charge < -0.3 is 5.73 Å². The quantitative estimate of drug-likeness (QED) is 0.664. The lowest BCUT2D eigenvalue weighted by molar-refractivity contribution is -0.131. The van der Waals surface area contributed by atoms with E-state index in [2.05, 4.69) is 5.10 Å². The molecule has 0 saturated carbocycles. The van der Waals surface area contributed by atoms with Gasteiger partial charge in [-0.05, 0) is 13.3 Å². The zero-order valence-corrected chi connectivity index (χ0v) is 8.31. The average Bonchev–Trinajstić information content (AvgIpc) is 2.27. The zero-order chi connectivity index (χ0) is 9.35. The van der Waals surface area contributed by atoms with E-state index in [0.717, 1.165) is 6.42 Å². The van der Waals surface area contributed by atoms with Crippen molar-refractivity contribution < 1.29 is 4.79 Å². The SMILES string of the molecule is CC[C@@]1(C)SC(N)=NN1C(C)=O. The molecule has 5 heteroatoms. The van der Waals surface area contributed by atoms with Crippen LogP contribution in [0, 0.1) is 0 Å². The van der Waals surface area contributed by atoms with Crippen molar-refractivity contribution in [2.24, 2.45) is 10.8 Å². The molecule has 0 aliphatic carbocycles. The van der Waals surface area contributed by atoms with E-state index in [-0.39, 0.29) is 10.8 Å². The summed E-state index contributed by atoms with van der Waals surface area (Å²) in [6.45, 7) is 5.47. The molecule has 0 saturated heterocycles. The Hall–Kier alpha value is -0.710. The molecule has 1 rings (SSSR count). The minimum atomic E-state index is -0.282. The summed E-state index contributed by atoms with van der Waals surface area (Å²) in [5.41, 5.74) is 5.53.